The summed E-state index contributed by atoms with van der Waals surface area (Å²) in [6, 6.07) is 2.26. The van der Waals surface area contributed by atoms with E-state index in [0.29, 0.717) is 30.9 Å². The minimum absolute atomic E-state index is 0.0490. The van der Waals surface area contributed by atoms with E-state index < -0.39 is 0 Å². The molecule has 8 heteroatoms. The van der Waals surface area contributed by atoms with Crippen molar-refractivity contribution in [1.29, 1.82) is 0 Å². The monoisotopic (exact) mass is 376 g/mol. The summed E-state index contributed by atoms with van der Waals surface area (Å²) in [6.45, 7) is 8.60. The minimum Gasteiger partial charge on any atom is -0.360 e. The predicted molar refractivity (Wildman–Crippen MR) is 101 cm³/mol. The molecule has 0 fully saturated rings. The fraction of sp³-hybridized carbons (Fsp3) is 1.00. The number of rotatable bonds is 17. The first-order chi connectivity index (χ1) is 11.6. The van der Waals surface area contributed by atoms with Gasteiger partial charge in [-0.05, 0) is 24.9 Å². The molecule has 0 amide bonds. The number of methoxy groups -OCH3 is 4. The van der Waals surface area contributed by atoms with Gasteiger partial charge in [-0.15, -0.1) is 0 Å². The van der Waals surface area contributed by atoms with Gasteiger partial charge in [0, 0.05) is 41.5 Å². The first-order valence-electron chi connectivity index (χ1n) is 8.56. The third-order valence-corrected chi connectivity index (χ3v) is 7.06. The first kappa shape index (κ1) is 24.2. The largest absolute Gasteiger partial charge is 0.360 e. The first-order valence-corrected chi connectivity index (χ1v) is 11.1. The number of nitrogens with one attached hydrogen (secondary N) is 2. The lowest BCUT2D eigenvalue weighted by atomic mass is 10.2. The molecule has 0 aromatic carbocycles. The van der Waals surface area contributed by atoms with Gasteiger partial charge in [0.05, 0.1) is 0 Å². The van der Waals surface area contributed by atoms with Crippen LogP contribution in [0.4, 0.5) is 0 Å². The maximum absolute atomic E-state index is 5.22. The van der Waals surface area contributed by atoms with Crippen molar-refractivity contribution in [3.05, 3.63) is 0 Å². The Bertz CT molecular complexity index is 244. The third-order valence-electron chi connectivity index (χ3n) is 3.59. The van der Waals surface area contributed by atoms with Crippen LogP contribution in [0.25, 0.3) is 0 Å². The molecule has 0 aromatic rings. The number of hydrogen-bond acceptors (Lipinski definition) is 6. The molecular weight excluding hydrogens is 340 g/mol. The molecule has 0 saturated carbocycles. The van der Waals surface area contributed by atoms with Crippen molar-refractivity contribution in [3.8, 4) is 0 Å². The molecule has 0 spiro atoms. The third kappa shape index (κ3) is 13.5. The Morgan fingerprint density at radius 2 is 1.00 bits per heavy atom. The van der Waals surface area contributed by atoms with E-state index in [2.05, 4.69) is 24.5 Å². The summed E-state index contributed by atoms with van der Waals surface area (Å²) in [6.07, 6.45) is 0. The minimum atomic E-state index is -0.0490. The lowest BCUT2D eigenvalue weighted by Crippen LogP contribution is -2.33. The van der Waals surface area contributed by atoms with Crippen LogP contribution in [0, 0.1) is 11.8 Å². The van der Waals surface area contributed by atoms with Gasteiger partial charge in [-0.2, -0.15) is 0 Å². The van der Waals surface area contributed by atoms with Gasteiger partial charge < -0.3 is 29.6 Å². The van der Waals surface area contributed by atoms with E-state index in [4.69, 9.17) is 18.9 Å². The zero-order valence-corrected chi connectivity index (χ0v) is 18.2. The maximum atomic E-state index is 5.22. The summed E-state index contributed by atoms with van der Waals surface area (Å²) in [4.78, 5) is 0. The molecule has 0 heterocycles. The molecule has 0 aliphatic rings. The predicted octanol–water partition coefficient (Wildman–Crippen LogP) is 0.836. The molecule has 142 valence electrons. The summed E-state index contributed by atoms with van der Waals surface area (Å²) >= 11 is 0. The van der Waals surface area contributed by atoms with Crippen LogP contribution >= 0.6 is 0 Å². The fourth-order valence-corrected chi connectivity index (χ4v) is 4.28. The molecule has 0 saturated heterocycles. The van der Waals surface area contributed by atoms with Crippen molar-refractivity contribution in [2.75, 3.05) is 54.6 Å². The Kier molecular flexibility index (Phi) is 16.8. The van der Waals surface area contributed by atoms with Crippen LogP contribution in [-0.2, 0) is 18.9 Å². The van der Waals surface area contributed by atoms with Gasteiger partial charge in [-0.1, -0.05) is 25.9 Å². The highest BCUT2D eigenvalue weighted by molar-refractivity contribution is 6.36. The lowest BCUT2D eigenvalue weighted by molar-refractivity contribution is -0.0444. The Labute approximate surface area is 153 Å². The SMILES string of the molecule is COC(OC)[Si]CC(C)CNCCNCC(C)C[Si]C(OC)OC. The van der Waals surface area contributed by atoms with Gasteiger partial charge in [0.1, 0.15) is 30.9 Å². The molecule has 2 unspecified atom stereocenters. The van der Waals surface area contributed by atoms with E-state index in [1.54, 1.807) is 28.4 Å². The highest BCUT2D eigenvalue weighted by Gasteiger charge is 2.11. The molecule has 2 N–H and O–H groups in total. The molecule has 0 rings (SSSR count). The van der Waals surface area contributed by atoms with E-state index in [1.165, 1.54) is 0 Å². The van der Waals surface area contributed by atoms with Crippen molar-refractivity contribution in [3.63, 3.8) is 0 Å². The second kappa shape index (κ2) is 16.7. The van der Waals surface area contributed by atoms with Crippen LogP contribution < -0.4 is 10.6 Å². The quantitative estimate of drug-likeness (QED) is 0.223. The van der Waals surface area contributed by atoms with Crippen LogP contribution in [-0.4, -0.2) is 85.5 Å². The fourth-order valence-electron chi connectivity index (χ4n) is 2.14. The van der Waals surface area contributed by atoms with E-state index >= 15 is 0 Å². The summed E-state index contributed by atoms with van der Waals surface area (Å²) in [7, 11) is 8.17. The topological polar surface area (TPSA) is 61.0 Å². The average Bonchev–Trinajstić information content (AvgIpc) is 2.59. The van der Waals surface area contributed by atoms with Crippen molar-refractivity contribution >= 4 is 19.0 Å². The van der Waals surface area contributed by atoms with Crippen molar-refractivity contribution in [2.45, 2.75) is 37.8 Å². The summed E-state index contributed by atoms with van der Waals surface area (Å²) in [5.74, 6) is 1.17. The van der Waals surface area contributed by atoms with Gasteiger partial charge in [0.25, 0.3) is 0 Å². The highest BCUT2D eigenvalue weighted by atomic mass is 28.2. The normalized spacial score (nSPS) is 14.5. The van der Waals surface area contributed by atoms with Crippen molar-refractivity contribution in [2.24, 2.45) is 11.8 Å². The maximum Gasteiger partial charge on any atom is 0.136 e. The number of ether oxygens (including phenoxy) is 4. The summed E-state index contributed by atoms with van der Waals surface area (Å²) in [5, 5.41) is 7.02. The van der Waals surface area contributed by atoms with Crippen molar-refractivity contribution < 1.29 is 18.9 Å². The molecule has 0 aromatic heterocycles. The van der Waals surface area contributed by atoms with Gasteiger partial charge >= 0.3 is 0 Å². The Morgan fingerprint density at radius 1 is 0.667 bits per heavy atom. The van der Waals surface area contributed by atoms with E-state index in [0.717, 1.165) is 38.3 Å². The van der Waals surface area contributed by atoms with Crippen LogP contribution in [0.1, 0.15) is 13.8 Å². The van der Waals surface area contributed by atoms with Crippen molar-refractivity contribution in [1.82, 2.24) is 10.6 Å². The molecule has 4 radical (unpaired) electrons. The van der Waals surface area contributed by atoms with Gasteiger partial charge in [0.15, 0.2) is 0 Å². The van der Waals surface area contributed by atoms with Gasteiger partial charge in [-0.25, -0.2) is 0 Å². The van der Waals surface area contributed by atoms with Gasteiger partial charge in [0.2, 0.25) is 0 Å². The van der Waals surface area contributed by atoms with Crippen LogP contribution in [0.15, 0.2) is 0 Å². The zero-order chi connectivity index (χ0) is 18.2. The Balaban J connectivity index is 3.49. The zero-order valence-electron chi connectivity index (χ0n) is 16.2. The molecule has 0 aliphatic heterocycles. The molecule has 6 nitrogen and oxygen atoms in total. The highest BCUT2D eigenvalue weighted by Crippen LogP contribution is 2.04. The molecule has 0 bridgehead atoms. The second-order valence-corrected chi connectivity index (χ2v) is 8.62. The van der Waals surface area contributed by atoms with Gasteiger partial charge in [-0.3, -0.25) is 0 Å². The second-order valence-electron chi connectivity index (χ2n) is 6.04. The summed E-state index contributed by atoms with van der Waals surface area (Å²) in [5.41, 5.74) is 0. The average molecular weight is 377 g/mol. The van der Waals surface area contributed by atoms with Crippen LogP contribution in [0.5, 0.6) is 0 Å². The smallest absolute Gasteiger partial charge is 0.136 e. The molecule has 0 aliphatic carbocycles. The van der Waals surface area contributed by atoms with Crippen LogP contribution in [0.2, 0.25) is 12.1 Å². The Hall–Kier alpha value is 0.194. The molecular formula is C16H36N2O4Si2. The lowest BCUT2D eigenvalue weighted by Gasteiger charge is -2.17. The molecule has 2 atom stereocenters. The summed E-state index contributed by atoms with van der Waals surface area (Å²) < 4.78 is 20.9. The van der Waals surface area contributed by atoms with Crippen LogP contribution in [0.3, 0.4) is 0 Å². The van der Waals surface area contributed by atoms with E-state index in [1.807, 2.05) is 0 Å². The van der Waals surface area contributed by atoms with E-state index in [9.17, 15) is 0 Å². The Morgan fingerprint density at radius 3 is 1.29 bits per heavy atom. The molecule has 24 heavy (non-hydrogen) atoms. The standard InChI is InChI=1S/C16H36N2O4Si2/c1-13(11-23-15(19-3)20-4)9-17-7-8-18-10-14(2)12-24-16(21-5)22-6/h13-18H,7-12H2,1-6H3. The van der Waals surface area contributed by atoms with E-state index in [-0.39, 0.29) is 11.8 Å². The number of hydrogen-bond donors (Lipinski definition) is 2.